The lowest BCUT2D eigenvalue weighted by atomic mass is 10.2. The fourth-order valence-electron chi connectivity index (χ4n) is 3.62. The molecule has 8 heteroatoms. The number of ether oxygens (including phenoxy) is 2. The second-order valence-electron chi connectivity index (χ2n) is 7.81. The van der Waals surface area contributed by atoms with Gasteiger partial charge in [-0.2, -0.15) is 0 Å². The quantitative estimate of drug-likeness (QED) is 0.624. The van der Waals surface area contributed by atoms with Gasteiger partial charge in [-0.15, -0.1) is 0 Å². The molecule has 0 atom stereocenters. The zero-order valence-electron chi connectivity index (χ0n) is 19.0. The lowest BCUT2D eigenvalue weighted by molar-refractivity contribution is -0.120. The molecule has 2 aromatic rings. The summed E-state index contributed by atoms with van der Waals surface area (Å²) in [6.45, 7) is 8.08. The third-order valence-electron chi connectivity index (χ3n) is 5.28. The molecule has 2 aromatic carbocycles. The van der Waals surface area contributed by atoms with E-state index in [0.717, 1.165) is 43.2 Å². The number of hydrogen-bond acceptors (Lipinski definition) is 6. The Labute approximate surface area is 189 Å². The number of amides is 2. The van der Waals surface area contributed by atoms with Crippen molar-refractivity contribution >= 4 is 23.2 Å². The summed E-state index contributed by atoms with van der Waals surface area (Å²) >= 11 is 0. The number of benzene rings is 2. The summed E-state index contributed by atoms with van der Waals surface area (Å²) in [5.41, 5.74) is 2.49. The highest BCUT2D eigenvalue weighted by Gasteiger charge is 2.21. The summed E-state index contributed by atoms with van der Waals surface area (Å²) in [5, 5.41) is 5.86. The maximum absolute atomic E-state index is 12.5. The minimum Gasteiger partial charge on any atom is -0.495 e. The van der Waals surface area contributed by atoms with E-state index in [4.69, 9.17) is 9.47 Å². The Hall–Kier alpha value is -3.10. The Kier molecular flexibility index (Phi) is 8.47. The van der Waals surface area contributed by atoms with Gasteiger partial charge in [0.2, 0.25) is 11.8 Å². The van der Waals surface area contributed by atoms with E-state index in [2.05, 4.69) is 20.4 Å². The SMILES string of the molecule is CCOc1ccc(NC(=O)CN2CCN(CC(=O)Nc3cc(C)ccc3OC)CC2)cc1. The van der Waals surface area contributed by atoms with Crippen LogP contribution in [0.1, 0.15) is 12.5 Å². The zero-order chi connectivity index (χ0) is 22.9. The highest BCUT2D eigenvalue weighted by atomic mass is 16.5. The lowest BCUT2D eigenvalue weighted by Crippen LogP contribution is -2.50. The number of methoxy groups -OCH3 is 1. The van der Waals surface area contributed by atoms with Gasteiger partial charge in [0.1, 0.15) is 11.5 Å². The number of carbonyl (C=O) groups excluding carboxylic acids is 2. The standard InChI is InChI=1S/C24H32N4O4/c1-4-32-20-8-6-19(7-9-20)25-23(29)16-27-11-13-28(14-12-27)17-24(30)26-21-15-18(2)5-10-22(21)31-3/h5-10,15H,4,11-14,16-17H2,1-3H3,(H,25,29)(H,26,30). The fraction of sp³-hybridized carbons (Fsp3) is 0.417. The van der Waals surface area contributed by atoms with Gasteiger partial charge in [0.25, 0.3) is 0 Å². The molecule has 3 rings (SSSR count). The number of piperazine rings is 1. The van der Waals surface area contributed by atoms with Gasteiger partial charge in [-0.05, 0) is 55.8 Å². The number of aryl methyl sites for hydroxylation is 1. The maximum atomic E-state index is 12.5. The summed E-state index contributed by atoms with van der Waals surface area (Å²) in [5.74, 6) is 1.31. The van der Waals surface area contributed by atoms with Crippen LogP contribution in [0.4, 0.5) is 11.4 Å². The second-order valence-corrected chi connectivity index (χ2v) is 7.81. The Balaban J connectivity index is 1.40. The van der Waals surface area contributed by atoms with Crippen LogP contribution in [0.2, 0.25) is 0 Å². The number of hydrogen-bond donors (Lipinski definition) is 2. The Morgan fingerprint density at radius 1 is 0.906 bits per heavy atom. The van der Waals surface area contributed by atoms with E-state index in [9.17, 15) is 9.59 Å². The van der Waals surface area contributed by atoms with Crippen molar-refractivity contribution in [1.82, 2.24) is 9.80 Å². The average Bonchev–Trinajstić information content (AvgIpc) is 2.77. The first-order chi connectivity index (χ1) is 15.5. The molecule has 1 heterocycles. The molecule has 8 nitrogen and oxygen atoms in total. The van der Waals surface area contributed by atoms with Crippen LogP contribution >= 0.6 is 0 Å². The molecule has 1 aliphatic rings. The molecule has 172 valence electrons. The molecule has 0 aromatic heterocycles. The first-order valence-corrected chi connectivity index (χ1v) is 10.9. The van der Waals surface area contributed by atoms with Gasteiger partial charge >= 0.3 is 0 Å². The third-order valence-corrected chi connectivity index (χ3v) is 5.28. The average molecular weight is 441 g/mol. The molecule has 0 bridgehead atoms. The molecule has 32 heavy (non-hydrogen) atoms. The van der Waals surface area contributed by atoms with Crippen LogP contribution in [-0.2, 0) is 9.59 Å². The van der Waals surface area contributed by atoms with Gasteiger partial charge in [-0.25, -0.2) is 0 Å². The van der Waals surface area contributed by atoms with Crippen molar-refractivity contribution in [2.45, 2.75) is 13.8 Å². The Bertz CT molecular complexity index is 909. The van der Waals surface area contributed by atoms with Crippen molar-refractivity contribution in [3.8, 4) is 11.5 Å². The Morgan fingerprint density at radius 3 is 2.06 bits per heavy atom. The van der Waals surface area contributed by atoms with Crippen LogP contribution in [0.15, 0.2) is 42.5 Å². The molecular formula is C24H32N4O4. The van der Waals surface area contributed by atoms with E-state index in [1.807, 2.05) is 56.3 Å². The van der Waals surface area contributed by atoms with E-state index in [1.165, 1.54) is 0 Å². The molecule has 0 aliphatic carbocycles. The number of nitrogens with zero attached hydrogens (tertiary/aromatic N) is 2. The summed E-state index contributed by atoms with van der Waals surface area (Å²) in [6, 6.07) is 13.1. The highest BCUT2D eigenvalue weighted by Crippen LogP contribution is 2.25. The van der Waals surface area contributed by atoms with E-state index >= 15 is 0 Å². The summed E-state index contributed by atoms with van der Waals surface area (Å²) in [6.07, 6.45) is 0. The lowest BCUT2D eigenvalue weighted by Gasteiger charge is -2.33. The molecule has 0 saturated carbocycles. The maximum Gasteiger partial charge on any atom is 0.238 e. The Morgan fingerprint density at radius 2 is 1.50 bits per heavy atom. The summed E-state index contributed by atoms with van der Waals surface area (Å²) < 4.78 is 10.7. The minimum absolute atomic E-state index is 0.0492. The highest BCUT2D eigenvalue weighted by molar-refractivity contribution is 5.94. The normalized spacial score (nSPS) is 14.6. The van der Waals surface area contributed by atoms with Crippen molar-refractivity contribution in [2.24, 2.45) is 0 Å². The van der Waals surface area contributed by atoms with Crippen molar-refractivity contribution in [1.29, 1.82) is 0 Å². The largest absolute Gasteiger partial charge is 0.495 e. The molecule has 0 radical (unpaired) electrons. The predicted octanol–water partition coefficient (Wildman–Crippen LogP) is 2.60. The zero-order valence-corrected chi connectivity index (χ0v) is 19.0. The molecule has 2 amide bonds. The van der Waals surface area contributed by atoms with Gasteiger partial charge in [-0.1, -0.05) is 6.07 Å². The first kappa shape index (κ1) is 23.6. The topological polar surface area (TPSA) is 83.1 Å². The number of carbonyl (C=O) groups is 2. The van der Waals surface area contributed by atoms with Crippen molar-refractivity contribution in [3.05, 3.63) is 48.0 Å². The van der Waals surface area contributed by atoms with E-state index in [1.54, 1.807) is 7.11 Å². The fourth-order valence-corrected chi connectivity index (χ4v) is 3.62. The smallest absolute Gasteiger partial charge is 0.238 e. The predicted molar refractivity (Wildman–Crippen MR) is 125 cm³/mol. The van der Waals surface area contributed by atoms with Crippen molar-refractivity contribution in [2.75, 3.05) is 63.6 Å². The molecule has 0 unspecified atom stereocenters. The van der Waals surface area contributed by atoms with Crippen molar-refractivity contribution in [3.63, 3.8) is 0 Å². The van der Waals surface area contributed by atoms with Crippen molar-refractivity contribution < 1.29 is 19.1 Å². The molecule has 1 saturated heterocycles. The number of rotatable bonds is 9. The molecule has 1 fully saturated rings. The van der Waals surface area contributed by atoms with E-state index < -0.39 is 0 Å². The molecule has 2 N–H and O–H groups in total. The molecule has 1 aliphatic heterocycles. The van der Waals surface area contributed by atoms with Crippen LogP contribution in [0.5, 0.6) is 11.5 Å². The van der Waals surface area contributed by atoms with Gasteiger partial charge in [0.05, 0.1) is 32.5 Å². The number of anilines is 2. The summed E-state index contributed by atoms with van der Waals surface area (Å²) in [4.78, 5) is 29.1. The van der Waals surface area contributed by atoms with Crippen LogP contribution < -0.4 is 20.1 Å². The van der Waals surface area contributed by atoms with E-state index in [0.29, 0.717) is 31.1 Å². The van der Waals surface area contributed by atoms with Crippen LogP contribution in [0.3, 0.4) is 0 Å². The van der Waals surface area contributed by atoms with Crippen LogP contribution in [0.25, 0.3) is 0 Å². The minimum atomic E-state index is -0.0735. The van der Waals surface area contributed by atoms with E-state index in [-0.39, 0.29) is 11.8 Å². The van der Waals surface area contributed by atoms with Gasteiger partial charge < -0.3 is 20.1 Å². The molecule has 0 spiro atoms. The van der Waals surface area contributed by atoms with Gasteiger partial charge in [0, 0.05) is 31.9 Å². The van der Waals surface area contributed by atoms with Gasteiger partial charge in [-0.3, -0.25) is 19.4 Å². The monoisotopic (exact) mass is 440 g/mol. The van der Waals surface area contributed by atoms with Crippen LogP contribution in [-0.4, -0.2) is 74.6 Å². The van der Waals surface area contributed by atoms with Crippen LogP contribution in [0, 0.1) is 6.92 Å². The van der Waals surface area contributed by atoms with Gasteiger partial charge in [0.15, 0.2) is 0 Å². The third kappa shape index (κ3) is 6.96. The summed E-state index contributed by atoms with van der Waals surface area (Å²) in [7, 11) is 1.59. The number of nitrogens with one attached hydrogen (secondary N) is 2. The molecular weight excluding hydrogens is 408 g/mol. The second kappa shape index (κ2) is 11.5. The first-order valence-electron chi connectivity index (χ1n) is 10.9.